The van der Waals surface area contributed by atoms with Crippen LogP contribution in [0.15, 0.2) is 24.4 Å². The fraction of sp³-hybridized carbons (Fsp3) is 0.792. The van der Waals surface area contributed by atoms with E-state index in [1.807, 2.05) is 18.2 Å². The number of fused-ring (bicyclic) bond motifs is 1. The van der Waals surface area contributed by atoms with Crippen molar-refractivity contribution in [1.82, 2.24) is 4.98 Å². The molecule has 0 radical (unpaired) electrons. The molecule has 0 bridgehead atoms. The third-order valence-corrected chi connectivity index (χ3v) is 9.52. The van der Waals surface area contributed by atoms with Crippen molar-refractivity contribution >= 4 is 0 Å². The molecule has 3 fully saturated rings. The maximum atomic E-state index is 11.8. The molecule has 1 unspecified atom stereocenters. The van der Waals surface area contributed by atoms with Crippen LogP contribution in [0.4, 0.5) is 0 Å². The van der Waals surface area contributed by atoms with Crippen LogP contribution in [0.2, 0.25) is 0 Å². The molecule has 3 aliphatic rings. The molecule has 1 aromatic rings. The second-order valence-electron chi connectivity index (χ2n) is 10.5. The molecule has 0 aliphatic heterocycles. The van der Waals surface area contributed by atoms with Crippen molar-refractivity contribution in [1.29, 1.82) is 0 Å². The predicted octanol–water partition coefficient (Wildman–Crippen LogP) is 2.83. The first-order valence-electron chi connectivity index (χ1n) is 11.4. The van der Waals surface area contributed by atoms with Crippen LogP contribution in [-0.2, 0) is 5.60 Å². The van der Waals surface area contributed by atoms with Crippen molar-refractivity contribution in [2.45, 2.75) is 70.5 Å². The molecular formula is C24H38N2O3. The topological polar surface area (TPSA) is 99.6 Å². The fourth-order valence-electron chi connectivity index (χ4n) is 7.65. The summed E-state index contributed by atoms with van der Waals surface area (Å²) in [6.07, 6.45) is 7.55. The Morgan fingerprint density at radius 3 is 2.52 bits per heavy atom. The number of rotatable bonds is 4. The van der Waals surface area contributed by atoms with Crippen LogP contribution in [0.25, 0.3) is 0 Å². The molecule has 3 aliphatic carbocycles. The van der Waals surface area contributed by atoms with E-state index in [9.17, 15) is 15.3 Å². The lowest BCUT2D eigenvalue weighted by atomic mass is 9.48. The lowest BCUT2D eigenvalue weighted by Crippen LogP contribution is -2.55. The van der Waals surface area contributed by atoms with Gasteiger partial charge in [0.2, 0.25) is 0 Å². The second kappa shape index (κ2) is 7.60. The zero-order chi connectivity index (χ0) is 20.9. The van der Waals surface area contributed by atoms with Gasteiger partial charge in [0.15, 0.2) is 0 Å². The van der Waals surface area contributed by atoms with E-state index in [0.29, 0.717) is 30.7 Å². The van der Waals surface area contributed by atoms with E-state index in [4.69, 9.17) is 5.73 Å². The van der Waals surface area contributed by atoms with Gasteiger partial charge in [0.05, 0.1) is 11.8 Å². The Morgan fingerprint density at radius 2 is 1.86 bits per heavy atom. The second-order valence-corrected chi connectivity index (χ2v) is 10.5. The van der Waals surface area contributed by atoms with Gasteiger partial charge in [-0.05, 0) is 92.7 Å². The maximum absolute atomic E-state index is 11.8. The number of hydrogen-bond donors (Lipinski definition) is 4. The van der Waals surface area contributed by atoms with Crippen molar-refractivity contribution in [3.05, 3.63) is 30.1 Å². The highest BCUT2D eigenvalue weighted by Crippen LogP contribution is 2.66. The standard InChI is InChI=1S/C24H38N2O3/c1-22(9-6-17(28)13-16(22)15-27)19-7-10-23(2)20(18(19)14-25)8-11-24(23,29)21-5-3-4-12-26-21/h3-5,12,16-20,27-29H,6-11,13-15,25H2,1-2H3/t16-,17+,18?,19+,20+,22+,23+,24-/m1/s1. The van der Waals surface area contributed by atoms with Gasteiger partial charge < -0.3 is 21.1 Å². The van der Waals surface area contributed by atoms with Crippen LogP contribution in [0, 0.1) is 34.5 Å². The quantitative estimate of drug-likeness (QED) is 0.621. The summed E-state index contributed by atoms with van der Waals surface area (Å²) in [5, 5.41) is 32.1. The SMILES string of the molecule is C[C@]1([C@H]2CC[C@@]3(C)[C@@H](CC[C@@]3(O)c3ccccn3)C2CN)CC[C@H](O)C[C@@H]1CO. The van der Waals surface area contributed by atoms with E-state index in [1.54, 1.807) is 6.20 Å². The van der Waals surface area contributed by atoms with E-state index in [-0.39, 0.29) is 29.5 Å². The number of pyridine rings is 1. The minimum Gasteiger partial charge on any atom is -0.396 e. The summed E-state index contributed by atoms with van der Waals surface area (Å²) in [6.45, 7) is 5.30. The fourth-order valence-corrected chi connectivity index (χ4v) is 7.65. The van der Waals surface area contributed by atoms with Gasteiger partial charge in [-0.15, -0.1) is 0 Å². The molecule has 1 heterocycles. The van der Waals surface area contributed by atoms with E-state index in [2.05, 4.69) is 18.8 Å². The van der Waals surface area contributed by atoms with Crippen molar-refractivity contribution in [2.75, 3.05) is 13.2 Å². The van der Waals surface area contributed by atoms with Gasteiger partial charge in [0.25, 0.3) is 0 Å². The van der Waals surface area contributed by atoms with Gasteiger partial charge in [-0.2, -0.15) is 0 Å². The van der Waals surface area contributed by atoms with Gasteiger partial charge in [-0.1, -0.05) is 19.9 Å². The Morgan fingerprint density at radius 1 is 1.10 bits per heavy atom. The lowest BCUT2D eigenvalue weighted by Gasteiger charge is -2.58. The lowest BCUT2D eigenvalue weighted by molar-refractivity contribution is -0.145. The highest BCUT2D eigenvalue weighted by atomic mass is 16.3. The van der Waals surface area contributed by atoms with Crippen molar-refractivity contribution in [3.8, 4) is 0 Å². The van der Waals surface area contributed by atoms with E-state index >= 15 is 0 Å². The number of aliphatic hydroxyl groups is 3. The first kappa shape index (κ1) is 21.2. The summed E-state index contributed by atoms with van der Waals surface area (Å²) >= 11 is 0. The van der Waals surface area contributed by atoms with E-state index in [1.165, 1.54) is 0 Å². The van der Waals surface area contributed by atoms with E-state index < -0.39 is 5.60 Å². The number of nitrogens with zero attached hydrogens (tertiary/aromatic N) is 1. The van der Waals surface area contributed by atoms with Gasteiger partial charge in [0.1, 0.15) is 5.60 Å². The Kier molecular flexibility index (Phi) is 5.56. The molecule has 5 nitrogen and oxygen atoms in total. The highest BCUT2D eigenvalue weighted by molar-refractivity contribution is 5.23. The van der Waals surface area contributed by atoms with Crippen LogP contribution in [0.5, 0.6) is 0 Å². The molecule has 3 saturated carbocycles. The molecule has 0 amide bonds. The van der Waals surface area contributed by atoms with Crippen LogP contribution >= 0.6 is 0 Å². The Balaban J connectivity index is 1.66. The summed E-state index contributed by atoms with van der Waals surface area (Å²) in [4.78, 5) is 4.53. The van der Waals surface area contributed by atoms with Crippen molar-refractivity contribution in [3.63, 3.8) is 0 Å². The summed E-state index contributed by atoms with van der Waals surface area (Å²) in [5.74, 6) is 1.20. The smallest absolute Gasteiger partial charge is 0.112 e. The number of hydrogen-bond acceptors (Lipinski definition) is 5. The van der Waals surface area contributed by atoms with Gasteiger partial charge in [-0.3, -0.25) is 4.98 Å². The zero-order valence-corrected chi connectivity index (χ0v) is 17.9. The van der Waals surface area contributed by atoms with Gasteiger partial charge in [-0.25, -0.2) is 0 Å². The molecule has 4 rings (SSSR count). The normalized spacial score (nSPS) is 47.7. The molecule has 0 spiro atoms. The molecule has 8 atom stereocenters. The molecule has 162 valence electrons. The highest BCUT2D eigenvalue weighted by Gasteiger charge is 2.64. The average molecular weight is 403 g/mol. The van der Waals surface area contributed by atoms with E-state index in [0.717, 1.165) is 44.2 Å². The van der Waals surface area contributed by atoms with Crippen LogP contribution in [0.3, 0.4) is 0 Å². The summed E-state index contributed by atoms with van der Waals surface area (Å²) in [7, 11) is 0. The summed E-state index contributed by atoms with van der Waals surface area (Å²) < 4.78 is 0. The summed E-state index contributed by atoms with van der Waals surface area (Å²) in [5.41, 5.74) is 6.05. The van der Waals surface area contributed by atoms with Crippen LogP contribution in [-0.4, -0.2) is 39.6 Å². The minimum atomic E-state index is -0.905. The minimum absolute atomic E-state index is 0.00888. The molecule has 0 saturated heterocycles. The number of nitrogens with two attached hydrogens (primary N) is 1. The Hall–Kier alpha value is -1.01. The predicted molar refractivity (Wildman–Crippen MR) is 113 cm³/mol. The molecule has 0 aromatic carbocycles. The van der Waals surface area contributed by atoms with Crippen molar-refractivity contribution < 1.29 is 15.3 Å². The number of aliphatic hydroxyl groups excluding tert-OH is 2. The number of aromatic nitrogens is 1. The molecule has 29 heavy (non-hydrogen) atoms. The average Bonchev–Trinajstić information content (AvgIpc) is 3.01. The van der Waals surface area contributed by atoms with Gasteiger partial charge >= 0.3 is 0 Å². The zero-order valence-electron chi connectivity index (χ0n) is 17.9. The van der Waals surface area contributed by atoms with Crippen molar-refractivity contribution in [2.24, 2.45) is 40.2 Å². The third kappa shape index (κ3) is 3.08. The van der Waals surface area contributed by atoms with Crippen LogP contribution in [0.1, 0.15) is 64.5 Å². The molecule has 1 aromatic heterocycles. The molecule has 5 N–H and O–H groups in total. The van der Waals surface area contributed by atoms with Crippen LogP contribution < -0.4 is 5.73 Å². The molecular weight excluding hydrogens is 364 g/mol. The largest absolute Gasteiger partial charge is 0.396 e. The Labute approximate surface area is 174 Å². The Bertz CT molecular complexity index is 715. The first-order valence-corrected chi connectivity index (χ1v) is 11.4. The maximum Gasteiger partial charge on any atom is 0.112 e. The monoisotopic (exact) mass is 402 g/mol. The summed E-state index contributed by atoms with van der Waals surface area (Å²) in [6, 6.07) is 5.82. The first-order chi connectivity index (χ1) is 13.8. The van der Waals surface area contributed by atoms with Gasteiger partial charge in [0, 0.05) is 18.2 Å². The molecule has 5 heteroatoms. The third-order valence-electron chi connectivity index (χ3n) is 9.52.